The van der Waals surface area contributed by atoms with Gasteiger partial charge in [0.15, 0.2) is 0 Å². The van der Waals surface area contributed by atoms with E-state index in [0.717, 1.165) is 19.6 Å². The van der Waals surface area contributed by atoms with Crippen LogP contribution in [0.5, 0.6) is 0 Å². The second-order valence-corrected chi connectivity index (χ2v) is 5.21. The van der Waals surface area contributed by atoms with Crippen LogP contribution in [0.15, 0.2) is 18.2 Å². The molecule has 0 saturated carbocycles. The Hall–Kier alpha value is -0.900. The van der Waals surface area contributed by atoms with Crippen molar-refractivity contribution in [3.05, 3.63) is 34.9 Å². The van der Waals surface area contributed by atoms with Crippen molar-refractivity contribution in [2.75, 3.05) is 26.7 Å². The zero-order chi connectivity index (χ0) is 12.4. The first-order valence-corrected chi connectivity index (χ1v) is 6.32. The Kier molecular flexibility index (Phi) is 3.82. The highest BCUT2D eigenvalue weighted by molar-refractivity contribution is 5.33. The Balaban J connectivity index is 2.15. The molecule has 1 aliphatic rings. The molecule has 0 amide bonds. The Morgan fingerprint density at radius 1 is 1.41 bits per heavy atom. The smallest absolute Gasteiger partial charge is 0.0466 e. The lowest BCUT2D eigenvalue weighted by atomic mass is 9.94. The molecule has 1 aromatic rings. The number of hydrogen-bond acceptors (Lipinski definition) is 3. The van der Waals surface area contributed by atoms with Crippen molar-refractivity contribution in [3.8, 4) is 0 Å². The number of aryl methyl sites for hydroxylation is 2. The zero-order valence-electron chi connectivity index (χ0n) is 11.0. The molecule has 2 atom stereocenters. The van der Waals surface area contributed by atoms with E-state index in [1.165, 1.54) is 16.7 Å². The fraction of sp³-hybridized carbons (Fsp3) is 0.571. The van der Waals surface area contributed by atoms with E-state index < -0.39 is 0 Å². The minimum absolute atomic E-state index is 0.0818. The van der Waals surface area contributed by atoms with Crippen LogP contribution < -0.4 is 11.1 Å². The van der Waals surface area contributed by atoms with E-state index in [1.807, 2.05) is 0 Å². The van der Waals surface area contributed by atoms with Gasteiger partial charge in [-0.25, -0.2) is 0 Å². The zero-order valence-corrected chi connectivity index (χ0v) is 11.0. The van der Waals surface area contributed by atoms with Gasteiger partial charge in [0, 0.05) is 31.7 Å². The minimum atomic E-state index is 0.0818. The van der Waals surface area contributed by atoms with Crippen LogP contribution in [0.1, 0.15) is 22.7 Å². The van der Waals surface area contributed by atoms with E-state index >= 15 is 0 Å². The minimum Gasteiger partial charge on any atom is -0.323 e. The Labute approximate surface area is 104 Å². The molecule has 0 radical (unpaired) electrons. The molecule has 1 aromatic carbocycles. The molecular weight excluding hydrogens is 210 g/mol. The molecule has 2 rings (SSSR count). The molecule has 1 aliphatic heterocycles. The molecular formula is C14H23N3. The summed E-state index contributed by atoms with van der Waals surface area (Å²) in [4.78, 5) is 2.34. The molecule has 3 nitrogen and oxygen atoms in total. The monoisotopic (exact) mass is 233 g/mol. The molecule has 3 N–H and O–H groups in total. The van der Waals surface area contributed by atoms with Gasteiger partial charge in [-0.1, -0.05) is 23.8 Å². The second-order valence-electron chi connectivity index (χ2n) is 5.21. The highest BCUT2D eigenvalue weighted by Gasteiger charge is 2.24. The van der Waals surface area contributed by atoms with E-state index in [4.69, 9.17) is 5.73 Å². The van der Waals surface area contributed by atoms with Gasteiger partial charge in [0.2, 0.25) is 0 Å². The third-order valence-electron chi connectivity index (χ3n) is 3.63. The van der Waals surface area contributed by atoms with Crippen LogP contribution in [0.3, 0.4) is 0 Å². The average Bonchev–Trinajstić information content (AvgIpc) is 2.28. The molecule has 1 heterocycles. The van der Waals surface area contributed by atoms with Crippen LogP contribution in [0.25, 0.3) is 0 Å². The van der Waals surface area contributed by atoms with Crippen molar-refractivity contribution in [2.45, 2.75) is 25.9 Å². The van der Waals surface area contributed by atoms with Gasteiger partial charge in [-0.05, 0) is 32.0 Å². The summed E-state index contributed by atoms with van der Waals surface area (Å²) in [6.07, 6.45) is 0. The van der Waals surface area contributed by atoms with Crippen LogP contribution in [0.4, 0.5) is 0 Å². The van der Waals surface area contributed by atoms with E-state index in [0.29, 0.717) is 6.04 Å². The third kappa shape index (κ3) is 2.86. The maximum Gasteiger partial charge on any atom is 0.0466 e. The van der Waals surface area contributed by atoms with E-state index in [1.54, 1.807) is 0 Å². The van der Waals surface area contributed by atoms with Gasteiger partial charge in [0.25, 0.3) is 0 Å². The van der Waals surface area contributed by atoms with E-state index in [9.17, 15) is 0 Å². The van der Waals surface area contributed by atoms with Crippen molar-refractivity contribution in [2.24, 2.45) is 5.73 Å². The van der Waals surface area contributed by atoms with Crippen molar-refractivity contribution in [3.63, 3.8) is 0 Å². The maximum atomic E-state index is 6.39. The first-order valence-electron chi connectivity index (χ1n) is 6.32. The number of hydrogen-bond donors (Lipinski definition) is 2. The van der Waals surface area contributed by atoms with Crippen molar-refractivity contribution < 1.29 is 0 Å². The van der Waals surface area contributed by atoms with Gasteiger partial charge >= 0.3 is 0 Å². The fourth-order valence-corrected chi connectivity index (χ4v) is 2.59. The lowest BCUT2D eigenvalue weighted by molar-refractivity contribution is 0.219. The van der Waals surface area contributed by atoms with Crippen molar-refractivity contribution in [1.29, 1.82) is 0 Å². The summed E-state index contributed by atoms with van der Waals surface area (Å²) in [6.45, 7) is 7.42. The topological polar surface area (TPSA) is 41.3 Å². The standard InChI is InChI=1S/C14H23N3/c1-10-4-5-12(11(2)8-10)14(15)13-9-17(3)7-6-16-13/h4-5,8,13-14,16H,6-7,9,15H2,1-3H3. The molecule has 94 valence electrons. The van der Waals surface area contributed by atoms with Crippen LogP contribution in [-0.4, -0.2) is 37.6 Å². The van der Waals surface area contributed by atoms with E-state index in [-0.39, 0.29) is 6.04 Å². The molecule has 2 unspecified atom stereocenters. The number of piperazine rings is 1. The quantitative estimate of drug-likeness (QED) is 0.806. The van der Waals surface area contributed by atoms with Gasteiger partial charge < -0.3 is 16.0 Å². The molecule has 0 aromatic heterocycles. The van der Waals surface area contributed by atoms with Crippen molar-refractivity contribution >= 4 is 0 Å². The predicted octanol–water partition coefficient (Wildman–Crippen LogP) is 1.21. The summed E-state index contributed by atoms with van der Waals surface area (Å²) in [5.41, 5.74) is 10.3. The number of nitrogens with zero attached hydrogens (tertiary/aromatic N) is 1. The number of rotatable bonds is 2. The summed E-state index contributed by atoms with van der Waals surface area (Å²) in [7, 11) is 2.16. The number of benzene rings is 1. The number of nitrogens with one attached hydrogen (secondary N) is 1. The largest absolute Gasteiger partial charge is 0.323 e. The van der Waals surface area contributed by atoms with Crippen LogP contribution >= 0.6 is 0 Å². The third-order valence-corrected chi connectivity index (χ3v) is 3.63. The van der Waals surface area contributed by atoms with Gasteiger partial charge in [0.1, 0.15) is 0 Å². The Bertz CT molecular complexity index is 389. The molecule has 0 spiro atoms. The fourth-order valence-electron chi connectivity index (χ4n) is 2.59. The first-order chi connectivity index (χ1) is 8.08. The van der Waals surface area contributed by atoms with Crippen molar-refractivity contribution in [1.82, 2.24) is 10.2 Å². The molecule has 0 aliphatic carbocycles. The molecule has 1 fully saturated rings. The maximum absolute atomic E-state index is 6.39. The van der Waals surface area contributed by atoms with Crippen LogP contribution in [-0.2, 0) is 0 Å². The van der Waals surface area contributed by atoms with Gasteiger partial charge in [-0.2, -0.15) is 0 Å². The first kappa shape index (κ1) is 12.6. The van der Waals surface area contributed by atoms with Gasteiger partial charge in [0.05, 0.1) is 0 Å². The number of nitrogens with two attached hydrogens (primary N) is 1. The molecule has 3 heteroatoms. The van der Waals surface area contributed by atoms with Gasteiger partial charge in [-0.15, -0.1) is 0 Å². The molecule has 0 bridgehead atoms. The second kappa shape index (κ2) is 5.17. The summed E-state index contributed by atoms with van der Waals surface area (Å²) < 4.78 is 0. The average molecular weight is 233 g/mol. The highest BCUT2D eigenvalue weighted by atomic mass is 15.2. The van der Waals surface area contributed by atoms with Gasteiger partial charge in [-0.3, -0.25) is 0 Å². The highest BCUT2D eigenvalue weighted by Crippen LogP contribution is 2.21. The van der Waals surface area contributed by atoms with Crippen LogP contribution in [0.2, 0.25) is 0 Å². The summed E-state index contributed by atoms with van der Waals surface area (Å²) >= 11 is 0. The molecule has 1 saturated heterocycles. The lowest BCUT2D eigenvalue weighted by Crippen LogP contribution is -2.53. The SMILES string of the molecule is Cc1ccc(C(N)C2CN(C)CCN2)c(C)c1. The summed E-state index contributed by atoms with van der Waals surface area (Å²) in [6, 6.07) is 6.97. The number of likely N-dealkylation sites (N-methyl/N-ethyl adjacent to an activating group) is 1. The molecule has 17 heavy (non-hydrogen) atoms. The predicted molar refractivity (Wildman–Crippen MR) is 72.1 cm³/mol. The van der Waals surface area contributed by atoms with Crippen LogP contribution in [0, 0.1) is 13.8 Å². The summed E-state index contributed by atoms with van der Waals surface area (Å²) in [5.74, 6) is 0. The normalized spacial score (nSPS) is 23.6. The Morgan fingerprint density at radius 3 is 2.82 bits per heavy atom. The summed E-state index contributed by atoms with van der Waals surface area (Å²) in [5, 5.41) is 3.52. The van der Waals surface area contributed by atoms with E-state index in [2.05, 4.69) is 49.3 Å². The Morgan fingerprint density at radius 2 is 2.18 bits per heavy atom. The lowest BCUT2D eigenvalue weighted by Gasteiger charge is -2.35.